The molecule has 0 aromatic heterocycles. The summed E-state index contributed by atoms with van der Waals surface area (Å²) in [4.78, 5) is 0. The first-order valence-corrected chi connectivity index (χ1v) is 6.72. The Hall–Kier alpha value is -1.31. The topological polar surface area (TPSA) is 26.0 Å². The van der Waals surface area contributed by atoms with Crippen molar-refractivity contribution in [1.82, 2.24) is 0 Å². The summed E-state index contributed by atoms with van der Waals surface area (Å²) in [7, 11) is 0. The fourth-order valence-electron chi connectivity index (χ4n) is 2.81. The van der Waals surface area contributed by atoms with Crippen LogP contribution in [0.25, 0.3) is 11.1 Å². The van der Waals surface area contributed by atoms with Crippen LogP contribution in [0.2, 0.25) is 5.02 Å². The minimum Gasteiger partial charge on any atom is -0.330 e. The van der Waals surface area contributed by atoms with Gasteiger partial charge < -0.3 is 5.73 Å². The van der Waals surface area contributed by atoms with Crippen molar-refractivity contribution >= 4 is 11.6 Å². The molecule has 0 aliphatic heterocycles. The van der Waals surface area contributed by atoms with Crippen molar-refractivity contribution < 1.29 is 0 Å². The Balaban J connectivity index is 2.05. The van der Waals surface area contributed by atoms with Gasteiger partial charge in [-0.05, 0) is 59.7 Å². The summed E-state index contributed by atoms with van der Waals surface area (Å²) in [5, 5.41) is 0.783. The third-order valence-electron chi connectivity index (χ3n) is 3.76. The highest BCUT2D eigenvalue weighted by Crippen LogP contribution is 2.34. The predicted octanol–water partition coefficient (Wildman–Crippen LogP) is 3.68. The Morgan fingerprint density at radius 1 is 1.06 bits per heavy atom. The highest BCUT2D eigenvalue weighted by Gasteiger charge is 2.22. The van der Waals surface area contributed by atoms with Gasteiger partial charge in [0.25, 0.3) is 0 Å². The zero-order chi connectivity index (χ0) is 12.5. The molecular formula is C16H16ClN. The van der Waals surface area contributed by atoms with Gasteiger partial charge in [-0.25, -0.2) is 0 Å². The summed E-state index contributed by atoms with van der Waals surface area (Å²) < 4.78 is 0. The van der Waals surface area contributed by atoms with Crippen molar-refractivity contribution in [3.05, 3.63) is 58.6 Å². The van der Waals surface area contributed by atoms with Crippen molar-refractivity contribution in [1.29, 1.82) is 0 Å². The Labute approximate surface area is 113 Å². The zero-order valence-electron chi connectivity index (χ0n) is 10.2. The van der Waals surface area contributed by atoms with Crippen molar-refractivity contribution in [3.63, 3.8) is 0 Å². The van der Waals surface area contributed by atoms with Crippen LogP contribution in [-0.4, -0.2) is 6.54 Å². The molecule has 1 aliphatic carbocycles. The lowest BCUT2D eigenvalue weighted by Gasteiger charge is -2.09. The van der Waals surface area contributed by atoms with E-state index in [0.29, 0.717) is 5.92 Å². The largest absolute Gasteiger partial charge is 0.330 e. The number of benzene rings is 2. The van der Waals surface area contributed by atoms with Crippen LogP contribution in [0.5, 0.6) is 0 Å². The van der Waals surface area contributed by atoms with Crippen LogP contribution >= 0.6 is 11.6 Å². The van der Waals surface area contributed by atoms with Crippen LogP contribution in [0.3, 0.4) is 0 Å². The smallest absolute Gasteiger partial charge is 0.0406 e. The van der Waals surface area contributed by atoms with E-state index in [0.717, 1.165) is 24.4 Å². The number of nitrogens with two attached hydrogens (primary N) is 1. The second-order valence-electron chi connectivity index (χ2n) is 4.96. The number of fused-ring (bicyclic) bond motifs is 1. The van der Waals surface area contributed by atoms with Crippen molar-refractivity contribution in [2.45, 2.75) is 12.8 Å². The second-order valence-corrected chi connectivity index (χ2v) is 5.40. The summed E-state index contributed by atoms with van der Waals surface area (Å²) >= 11 is 5.95. The summed E-state index contributed by atoms with van der Waals surface area (Å²) in [5.41, 5.74) is 11.3. The first-order chi connectivity index (χ1) is 8.78. The molecule has 0 bridgehead atoms. The summed E-state index contributed by atoms with van der Waals surface area (Å²) in [6.45, 7) is 0.773. The van der Waals surface area contributed by atoms with Crippen LogP contribution in [0.4, 0.5) is 0 Å². The molecule has 2 aromatic rings. The molecule has 0 saturated carbocycles. The summed E-state index contributed by atoms with van der Waals surface area (Å²) in [6, 6.07) is 14.6. The molecule has 0 heterocycles. The van der Waals surface area contributed by atoms with E-state index in [9.17, 15) is 0 Å². The maximum Gasteiger partial charge on any atom is 0.0406 e. The molecule has 0 fully saturated rings. The van der Waals surface area contributed by atoms with Crippen LogP contribution in [0, 0.1) is 5.92 Å². The van der Waals surface area contributed by atoms with Crippen LogP contribution in [0.15, 0.2) is 42.5 Å². The molecule has 1 nitrogen and oxygen atoms in total. The highest BCUT2D eigenvalue weighted by molar-refractivity contribution is 6.30. The van der Waals surface area contributed by atoms with E-state index in [-0.39, 0.29) is 0 Å². The van der Waals surface area contributed by atoms with Gasteiger partial charge in [-0.1, -0.05) is 41.9 Å². The SMILES string of the molecule is NCC1Cc2cccc(-c3ccc(Cl)cc3)c2C1. The molecular weight excluding hydrogens is 242 g/mol. The molecule has 0 radical (unpaired) electrons. The lowest BCUT2D eigenvalue weighted by atomic mass is 9.97. The zero-order valence-corrected chi connectivity index (χ0v) is 11.0. The summed E-state index contributed by atoms with van der Waals surface area (Å²) in [5.74, 6) is 0.605. The molecule has 0 amide bonds. The number of halogens is 1. The molecule has 92 valence electrons. The maximum absolute atomic E-state index is 5.95. The maximum atomic E-state index is 5.95. The average Bonchev–Trinajstić information content (AvgIpc) is 2.82. The van der Waals surface area contributed by atoms with E-state index >= 15 is 0 Å². The predicted molar refractivity (Wildman–Crippen MR) is 76.8 cm³/mol. The first kappa shape index (κ1) is 11.8. The Kier molecular flexibility index (Phi) is 3.11. The van der Waals surface area contributed by atoms with Gasteiger partial charge in [0.2, 0.25) is 0 Å². The molecule has 1 aliphatic rings. The molecule has 18 heavy (non-hydrogen) atoms. The number of hydrogen-bond donors (Lipinski definition) is 1. The molecule has 0 spiro atoms. The lowest BCUT2D eigenvalue weighted by molar-refractivity contribution is 0.575. The van der Waals surface area contributed by atoms with Crippen molar-refractivity contribution in [2.75, 3.05) is 6.54 Å². The molecule has 2 aromatic carbocycles. The molecule has 1 unspecified atom stereocenters. The van der Waals surface area contributed by atoms with Gasteiger partial charge in [0, 0.05) is 5.02 Å². The van der Waals surface area contributed by atoms with E-state index < -0.39 is 0 Å². The average molecular weight is 258 g/mol. The third-order valence-corrected chi connectivity index (χ3v) is 4.01. The summed E-state index contributed by atoms with van der Waals surface area (Å²) in [6.07, 6.45) is 2.22. The minimum absolute atomic E-state index is 0.605. The van der Waals surface area contributed by atoms with Gasteiger partial charge in [-0.15, -0.1) is 0 Å². The monoisotopic (exact) mass is 257 g/mol. The standard InChI is InChI=1S/C16H16ClN/c17-14-6-4-12(5-7-14)15-3-1-2-13-8-11(10-18)9-16(13)15/h1-7,11H,8-10,18H2. The second kappa shape index (κ2) is 4.75. The van der Waals surface area contributed by atoms with Gasteiger partial charge >= 0.3 is 0 Å². The van der Waals surface area contributed by atoms with Crippen LogP contribution in [-0.2, 0) is 12.8 Å². The van der Waals surface area contributed by atoms with Crippen LogP contribution in [0.1, 0.15) is 11.1 Å². The van der Waals surface area contributed by atoms with Gasteiger partial charge in [-0.3, -0.25) is 0 Å². The van der Waals surface area contributed by atoms with E-state index in [4.69, 9.17) is 17.3 Å². The molecule has 1 atom stereocenters. The fraction of sp³-hybridized carbons (Fsp3) is 0.250. The molecule has 2 heteroatoms. The number of hydrogen-bond acceptors (Lipinski definition) is 1. The van der Waals surface area contributed by atoms with Crippen molar-refractivity contribution in [3.8, 4) is 11.1 Å². The molecule has 2 N–H and O–H groups in total. The first-order valence-electron chi connectivity index (χ1n) is 6.34. The Morgan fingerprint density at radius 3 is 2.56 bits per heavy atom. The normalized spacial score (nSPS) is 17.8. The Bertz CT molecular complexity index is 560. The lowest BCUT2D eigenvalue weighted by Crippen LogP contribution is -2.13. The molecule has 3 rings (SSSR count). The number of rotatable bonds is 2. The third kappa shape index (κ3) is 2.05. The fourth-order valence-corrected chi connectivity index (χ4v) is 2.93. The van der Waals surface area contributed by atoms with E-state index in [1.165, 1.54) is 22.3 Å². The molecule has 0 saturated heterocycles. The highest BCUT2D eigenvalue weighted by atomic mass is 35.5. The van der Waals surface area contributed by atoms with Gasteiger partial charge in [-0.2, -0.15) is 0 Å². The van der Waals surface area contributed by atoms with E-state index in [1.54, 1.807) is 0 Å². The van der Waals surface area contributed by atoms with Gasteiger partial charge in [0.1, 0.15) is 0 Å². The minimum atomic E-state index is 0.605. The van der Waals surface area contributed by atoms with Gasteiger partial charge in [0.15, 0.2) is 0 Å². The quantitative estimate of drug-likeness (QED) is 0.873. The van der Waals surface area contributed by atoms with Gasteiger partial charge in [0.05, 0.1) is 0 Å². The van der Waals surface area contributed by atoms with E-state index in [2.05, 4.69) is 30.3 Å². The van der Waals surface area contributed by atoms with Crippen molar-refractivity contribution in [2.24, 2.45) is 11.7 Å². The Morgan fingerprint density at radius 2 is 1.83 bits per heavy atom. The van der Waals surface area contributed by atoms with E-state index in [1.807, 2.05) is 12.1 Å². The van der Waals surface area contributed by atoms with Crippen LogP contribution < -0.4 is 5.73 Å².